The second-order valence-corrected chi connectivity index (χ2v) is 9.34. The highest BCUT2D eigenvalue weighted by molar-refractivity contribution is 7.89. The summed E-state index contributed by atoms with van der Waals surface area (Å²) in [6.07, 6.45) is 3.67. The van der Waals surface area contributed by atoms with Crippen LogP contribution in [0.4, 0.5) is 10.1 Å². The minimum absolute atomic E-state index is 0.00559. The van der Waals surface area contributed by atoms with Crippen LogP contribution in [-0.2, 0) is 19.6 Å². The van der Waals surface area contributed by atoms with E-state index in [9.17, 15) is 22.4 Å². The lowest BCUT2D eigenvalue weighted by atomic mass is 10.2. The van der Waals surface area contributed by atoms with E-state index in [0.717, 1.165) is 31.7 Å². The topological polar surface area (TPSA) is 92.8 Å². The van der Waals surface area contributed by atoms with Gasteiger partial charge in [0.05, 0.1) is 10.5 Å². The molecule has 9 heteroatoms. The van der Waals surface area contributed by atoms with Crippen LogP contribution in [-0.4, -0.2) is 44.3 Å². The lowest BCUT2D eigenvalue weighted by Crippen LogP contribution is -2.32. The number of rotatable bonds is 6. The Kier molecular flexibility index (Phi) is 7.40. The number of anilines is 1. The predicted octanol–water partition coefficient (Wildman–Crippen LogP) is 3.49. The highest BCUT2D eigenvalue weighted by Gasteiger charge is 2.27. The molecule has 0 saturated carbocycles. The van der Waals surface area contributed by atoms with Crippen molar-refractivity contribution in [3.8, 4) is 0 Å². The maximum absolute atomic E-state index is 13.2. The van der Waals surface area contributed by atoms with Crippen molar-refractivity contribution >= 4 is 27.6 Å². The van der Waals surface area contributed by atoms with Crippen LogP contribution in [0.1, 0.15) is 41.6 Å². The van der Waals surface area contributed by atoms with E-state index in [2.05, 4.69) is 5.32 Å². The number of aryl methyl sites for hydroxylation is 1. The van der Waals surface area contributed by atoms with Gasteiger partial charge in [0.25, 0.3) is 5.91 Å². The molecule has 1 N–H and O–H groups in total. The number of ether oxygens (including phenoxy) is 1. The quantitative estimate of drug-likeness (QED) is 0.683. The first kappa shape index (κ1) is 22.9. The van der Waals surface area contributed by atoms with Crippen LogP contribution >= 0.6 is 0 Å². The van der Waals surface area contributed by atoms with E-state index in [0.29, 0.717) is 18.7 Å². The average Bonchev–Trinajstić information content (AvgIpc) is 3.03. The van der Waals surface area contributed by atoms with E-state index >= 15 is 0 Å². The van der Waals surface area contributed by atoms with Gasteiger partial charge in [-0.2, -0.15) is 4.31 Å². The van der Waals surface area contributed by atoms with E-state index in [1.165, 1.54) is 28.6 Å². The highest BCUT2D eigenvalue weighted by atomic mass is 32.2. The fourth-order valence-electron chi connectivity index (χ4n) is 3.40. The molecule has 0 radical (unpaired) electrons. The number of halogens is 1. The molecule has 0 aliphatic carbocycles. The first-order valence-corrected chi connectivity index (χ1v) is 11.5. The van der Waals surface area contributed by atoms with Crippen LogP contribution in [0.5, 0.6) is 0 Å². The average molecular weight is 449 g/mol. The summed E-state index contributed by atoms with van der Waals surface area (Å²) in [7, 11) is -3.68. The van der Waals surface area contributed by atoms with Crippen LogP contribution in [0, 0.1) is 12.7 Å². The Morgan fingerprint density at radius 3 is 2.45 bits per heavy atom. The summed E-state index contributed by atoms with van der Waals surface area (Å²) in [5, 5.41) is 2.54. The lowest BCUT2D eigenvalue weighted by Gasteiger charge is -2.21. The molecule has 7 nitrogen and oxygen atoms in total. The van der Waals surface area contributed by atoms with E-state index in [4.69, 9.17) is 4.74 Å². The molecule has 3 rings (SSSR count). The Morgan fingerprint density at radius 1 is 1.06 bits per heavy atom. The molecule has 0 aromatic heterocycles. The zero-order chi connectivity index (χ0) is 22.4. The number of benzene rings is 2. The summed E-state index contributed by atoms with van der Waals surface area (Å²) in [4.78, 5) is 24.3. The second kappa shape index (κ2) is 10.0. The van der Waals surface area contributed by atoms with Gasteiger partial charge in [-0.25, -0.2) is 17.6 Å². The predicted molar refractivity (Wildman–Crippen MR) is 114 cm³/mol. The molecule has 1 heterocycles. The van der Waals surface area contributed by atoms with Gasteiger partial charge in [0.1, 0.15) is 5.82 Å². The van der Waals surface area contributed by atoms with Gasteiger partial charge in [-0.3, -0.25) is 4.79 Å². The molecule has 0 atom stereocenters. The minimum Gasteiger partial charge on any atom is -0.452 e. The lowest BCUT2D eigenvalue weighted by molar-refractivity contribution is -0.119. The van der Waals surface area contributed by atoms with Crippen molar-refractivity contribution in [3.05, 3.63) is 59.4 Å². The van der Waals surface area contributed by atoms with Crippen molar-refractivity contribution < 1.29 is 27.1 Å². The molecule has 166 valence electrons. The standard InChI is InChI=1S/C22H25FN2O5S/c1-16-9-10-19(14-20(16)31(28,29)25-11-4-2-3-5-12-25)24-21(26)15-30-22(27)17-7-6-8-18(23)13-17/h6-10,13-14H,2-5,11-12,15H2,1H3,(H,24,26). The molecule has 2 aromatic rings. The van der Waals surface area contributed by atoms with Gasteiger partial charge < -0.3 is 10.1 Å². The monoisotopic (exact) mass is 448 g/mol. The van der Waals surface area contributed by atoms with Crippen LogP contribution in [0.15, 0.2) is 47.4 Å². The Bertz CT molecular complexity index is 1060. The molecule has 31 heavy (non-hydrogen) atoms. The van der Waals surface area contributed by atoms with Gasteiger partial charge in [-0.05, 0) is 55.7 Å². The Labute approximate surface area is 181 Å². The summed E-state index contributed by atoms with van der Waals surface area (Å²) in [6, 6.07) is 9.58. The summed E-state index contributed by atoms with van der Waals surface area (Å²) < 4.78 is 45.8. The first-order valence-electron chi connectivity index (χ1n) is 10.1. The number of sulfonamides is 1. The second-order valence-electron chi connectivity index (χ2n) is 7.43. The van der Waals surface area contributed by atoms with Crippen LogP contribution in [0.25, 0.3) is 0 Å². The zero-order valence-corrected chi connectivity index (χ0v) is 18.1. The molecule has 1 aliphatic rings. The smallest absolute Gasteiger partial charge is 0.338 e. The maximum Gasteiger partial charge on any atom is 0.338 e. The van der Waals surface area contributed by atoms with Crippen LogP contribution < -0.4 is 5.32 Å². The fraction of sp³-hybridized carbons (Fsp3) is 0.364. The number of carbonyl (C=O) groups excluding carboxylic acids is 2. The Hall–Kier alpha value is -2.78. The third-order valence-corrected chi connectivity index (χ3v) is 7.09. The molecule has 1 fully saturated rings. The van der Waals surface area contributed by atoms with E-state index in [-0.39, 0.29) is 16.1 Å². The number of carbonyl (C=O) groups is 2. The summed E-state index contributed by atoms with van der Waals surface area (Å²) in [6.45, 7) is 2.08. The fourth-order valence-corrected chi connectivity index (χ4v) is 5.17. The molecule has 1 aliphatic heterocycles. The molecule has 0 unspecified atom stereocenters. The third kappa shape index (κ3) is 5.89. The van der Waals surface area contributed by atoms with Crippen molar-refractivity contribution in [2.45, 2.75) is 37.5 Å². The van der Waals surface area contributed by atoms with E-state index < -0.39 is 34.3 Å². The highest BCUT2D eigenvalue weighted by Crippen LogP contribution is 2.25. The summed E-state index contributed by atoms with van der Waals surface area (Å²) in [5.74, 6) is -2.05. The van der Waals surface area contributed by atoms with Gasteiger partial charge in [0, 0.05) is 18.8 Å². The molecule has 0 spiro atoms. The van der Waals surface area contributed by atoms with Crippen molar-refractivity contribution in [2.24, 2.45) is 0 Å². The van der Waals surface area contributed by atoms with E-state index in [1.807, 2.05) is 0 Å². The molecular formula is C22H25FN2O5S. The van der Waals surface area contributed by atoms with Gasteiger partial charge in [0.15, 0.2) is 6.61 Å². The number of hydrogen-bond acceptors (Lipinski definition) is 5. The number of esters is 1. The number of nitrogens with zero attached hydrogens (tertiary/aromatic N) is 1. The number of amides is 1. The molecule has 1 amide bonds. The molecule has 0 bridgehead atoms. The van der Waals surface area contributed by atoms with Gasteiger partial charge in [-0.1, -0.05) is 25.0 Å². The largest absolute Gasteiger partial charge is 0.452 e. The van der Waals surface area contributed by atoms with Crippen molar-refractivity contribution in [3.63, 3.8) is 0 Å². The first-order chi connectivity index (χ1) is 14.8. The normalized spacial score (nSPS) is 15.2. The Balaban J connectivity index is 1.67. The minimum atomic E-state index is -3.68. The molecular weight excluding hydrogens is 423 g/mol. The molecule has 2 aromatic carbocycles. The van der Waals surface area contributed by atoms with Crippen LogP contribution in [0.2, 0.25) is 0 Å². The third-order valence-electron chi connectivity index (χ3n) is 5.05. The van der Waals surface area contributed by atoms with E-state index in [1.54, 1.807) is 19.1 Å². The van der Waals surface area contributed by atoms with Crippen LogP contribution in [0.3, 0.4) is 0 Å². The van der Waals surface area contributed by atoms with Gasteiger partial charge in [0.2, 0.25) is 10.0 Å². The Morgan fingerprint density at radius 2 is 1.77 bits per heavy atom. The van der Waals surface area contributed by atoms with Gasteiger partial charge in [-0.15, -0.1) is 0 Å². The summed E-state index contributed by atoms with van der Waals surface area (Å²) in [5.41, 5.74) is 0.861. The zero-order valence-electron chi connectivity index (χ0n) is 17.3. The number of hydrogen-bond donors (Lipinski definition) is 1. The van der Waals surface area contributed by atoms with Crippen molar-refractivity contribution in [2.75, 3.05) is 25.0 Å². The number of nitrogens with one attached hydrogen (secondary N) is 1. The van der Waals surface area contributed by atoms with Gasteiger partial charge >= 0.3 is 5.97 Å². The van der Waals surface area contributed by atoms with Crippen molar-refractivity contribution in [1.29, 1.82) is 0 Å². The molecule has 1 saturated heterocycles. The summed E-state index contributed by atoms with van der Waals surface area (Å²) >= 11 is 0. The SMILES string of the molecule is Cc1ccc(NC(=O)COC(=O)c2cccc(F)c2)cc1S(=O)(=O)N1CCCCCC1. The van der Waals surface area contributed by atoms with Crippen molar-refractivity contribution in [1.82, 2.24) is 4.31 Å². The maximum atomic E-state index is 13.2.